The molecule has 0 aliphatic heterocycles. The highest BCUT2D eigenvalue weighted by molar-refractivity contribution is 5.94. The van der Waals surface area contributed by atoms with Crippen molar-refractivity contribution in [3.63, 3.8) is 0 Å². The van der Waals surface area contributed by atoms with E-state index in [1.165, 1.54) is 25.3 Å². The van der Waals surface area contributed by atoms with E-state index in [4.69, 9.17) is 4.74 Å². The number of amides is 1. The van der Waals surface area contributed by atoms with Gasteiger partial charge in [0.15, 0.2) is 11.6 Å². The number of nitrogens with one attached hydrogen (secondary N) is 1. The summed E-state index contributed by atoms with van der Waals surface area (Å²) in [5.41, 5.74) is 0.219. The molecular weight excluding hydrogens is 295 g/mol. The average molecular weight is 309 g/mol. The van der Waals surface area contributed by atoms with Crippen molar-refractivity contribution in [2.75, 3.05) is 7.11 Å². The van der Waals surface area contributed by atoms with Crippen molar-refractivity contribution in [3.05, 3.63) is 65.0 Å². The Morgan fingerprint density at radius 3 is 2.41 bits per heavy atom. The van der Waals surface area contributed by atoms with Gasteiger partial charge in [0.05, 0.1) is 13.2 Å². The summed E-state index contributed by atoms with van der Waals surface area (Å²) in [4.78, 5) is 12.0. The van der Waals surface area contributed by atoms with E-state index in [9.17, 15) is 18.0 Å². The molecule has 0 radical (unpaired) electrons. The predicted octanol–water partition coefficient (Wildman–Crippen LogP) is 3.60. The van der Waals surface area contributed by atoms with Crippen LogP contribution < -0.4 is 10.1 Å². The second-order valence-corrected chi connectivity index (χ2v) is 4.71. The summed E-state index contributed by atoms with van der Waals surface area (Å²) in [5, 5.41) is 2.53. The monoisotopic (exact) mass is 309 g/mol. The lowest BCUT2D eigenvalue weighted by Crippen LogP contribution is -2.27. The zero-order chi connectivity index (χ0) is 16.3. The number of ether oxygens (including phenoxy) is 1. The smallest absolute Gasteiger partial charge is 0.251 e. The summed E-state index contributed by atoms with van der Waals surface area (Å²) in [6.07, 6.45) is 0. The minimum atomic E-state index is -0.756. The average Bonchev–Trinajstić information content (AvgIpc) is 2.46. The Bertz CT molecular complexity index is 704. The van der Waals surface area contributed by atoms with E-state index in [0.29, 0.717) is 0 Å². The third-order valence-electron chi connectivity index (χ3n) is 3.19. The largest absolute Gasteiger partial charge is 0.494 e. The number of hydrogen-bond donors (Lipinski definition) is 1. The van der Waals surface area contributed by atoms with E-state index < -0.39 is 29.4 Å². The Hall–Kier alpha value is -2.50. The van der Waals surface area contributed by atoms with Crippen molar-refractivity contribution >= 4 is 5.91 Å². The topological polar surface area (TPSA) is 38.3 Å². The molecule has 0 saturated heterocycles. The van der Waals surface area contributed by atoms with Crippen molar-refractivity contribution in [3.8, 4) is 5.75 Å². The summed E-state index contributed by atoms with van der Waals surface area (Å²) in [5.74, 6) is -2.67. The third-order valence-corrected chi connectivity index (χ3v) is 3.19. The zero-order valence-electron chi connectivity index (χ0n) is 12.0. The van der Waals surface area contributed by atoms with Crippen molar-refractivity contribution in [2.45, 2.75) is 13.0 Å². The van der Waals surface area contributed by atoms with Gasteiger partial charge < -0.3 is 10.1 Å². The first-order valence-corrected chi connectivity index (χ1v) is 6.51. The SMILES string of the molecule is COc1ccc(C(=O)N[C@@H](C)c2ccc(F)cc2F)cc1F. The van der Waals surface area contributed by atoms with Gasteiger partial charge in [0.2, 0.25) is 0 Å². The fourth-order valence-electron chi connectivity index (χ4n) is 2.02. The predicted molar refractivity (Wildman–Crippen MR) is 75.2 cm³/mol. The van der Waals surface area contributed by atoms with Gasteiger partial charge in [-0.2, -0.15) is 0 Å². The lowest BCUT2D eigenvalue weighted by atomic mass is 10.1. The Kier molecular flexibility index (Phi) is 4.70. The molecule has 6 heteroatoms. The first-order valence-electron chi connectivity index (χ1n) is 6.51. The van der Waals surface area contributed by atoms with Gasteiger partial charge in [-0.3, -0.25) is 4.79 Å². The maximum atomic E-state index is 13.6. The van der Waals surface area contributed by atoms with Gasteiger partial charge in [-0.05, 0) is 31.2 Å². The molecule has 0 fully saturated rings. The number of benzene rings is 2. The van der Waals surface area contributed by atoms with Crippen molar-refractivity contribution in [2.24, 2.45) is 0 Å². The highest BCUT2D eigenvalue weighted by atomic mass is 19.1. The van der Waals surface area contributed by atoms with Crippen LogP contribution in [0.15, 0.2) is 36.4 Å². The summed E-state index contributed by atoms with van der Waals surface area (Å²) >= 11 is 0. The molecule has 22 heavy (non-hydrogen) atoms. The van der Waals surface area contributed by atoms with E-state index in [-0.39, 0.29) is 16.9 Å². The van der Waals surface area contributed by atoms with Crippen LogP contribution in [0, 0.1) is 17.5 Å². The lowest BCUT2D eigenvalue weighted by molar-refractivity contribution is 0.0939. The molecule has 2 rings (SSSR count). The van der Waals surface area contributed by atoms with Gasteiger partial charge in [0, 0.05) is 17.2 Å². The Balaban J connectivity index is 2.15. The van der Waals surface area contributed by atoms with Crippen LogP contribution >= 0.6 is 0 Å². The normalized spacial score (nSPS) is 11.9. The van der Waals surface area contributed by atoms with Gasteiger partial charge in [-0.15, -0.1) is 0 Å². The molecule has 3 nitrogen and oxygen atoms in total. The lowest BCUT2D eigenvalue weighted by Gasteiger charge is -2.15. The molecule has 0 aromatic heterocycles. The minimum Gasteiger partial charge on any atom is -0.494 e. The fraction of sp³-hybridized carbons (Fsp3) is 0.188. The molecular formula is C16H14F3NO2. The van der Waals surface area contributed by atoms with Crippen LogP contribution in [0.25, 0.3) is 0 Å². The zero-order valence-corrected chi connectivity index (χ0v) is 12.0. The standard InChI is InChI=1S/C16H14F3NO2/c1-9(12-5-4-11(17)8-13(12)18)20-16(21)10-3-6-15(22-2)14(19)7-10/h3-9H,1-2H3,(H,20,21)/t9-/m0/s1. The van der Waals surface area contributed by atoms with Crippen molar-refractivity contribution in [1.29, 1.82) is 0 Å². The van der Waals surface area contributed by atoms with Crippen LogP contribution in [0.1, 0.15) is 28.9 Å². The second-order valence-electron chi connectivity index (χ2n) is 4.71. The summed E-state index contributed by atoms with van der Waals surface area (Å²) in [7, 11) is 1.32. The van der Waals surface area contributed by atoms with Crippen molar-refractivity contribution < 1.29 is 22.7 Å². The Morgan fingerprint density at radius 1 is 1.09 bits per heavy atom. The Morgan fingerprint density at radius 2 is 1.82 bits per heavy atom. The second kappa shape index (κ2) is 6.51. The minimum absolute atomic E-state index is 0.0224. The van der Waals surface area contributed by atoms with Crippen LogP contribution in [0.5, 0.6) is 5.75 Å². The molecule has 1 atom stereocenters. The molecule has 1 N–H and O–H groups in total. The van der Waals surface area contributed by atoms with Crippen LogP contribution in [0.3, 0.4) is 0 Å². The summed E-state index contributed by atoms with van der Waals surface area (Å²) in [6.45, 7) is 1.55. The van der Waals surface area contributed by atoms with E-state index >= 15 is 0 Å². The van der Waals surface area contributed by atoms with Crippen molar-refractivity contribution in [1.82, 2.24) is 5.32 Å². The quantitative estimate of drug-likeness (QED) is 0.937. The summed E-state index contributed by atoms with van der Waals surface area (Å²) < 4.78 is 44.9. The Labute approximate surface area is 125 Å². The van der Waals surface area contributed by atoms with Crippen LogP contribution in [0.2, 0.25) is 0 Å². The third kappa shape index (κ3) is 3.39. The van der Waals surface area contributed by atoms with E-state index in [2.05, 4.69) is 5.32 Å². The molecule has 0 aliphatic rings. The van der Waals surface area contributed by atoms with Gasteiger partial charge in [0.1, 0.15) is 11.6 Å². The molecule has 0 aliphatic carbocycles. The van der Waals surface area contributed by atoms with Crippen LogP contribution in [0.4, 0.5) is 13.2 Å². The number of carbonyl (C=O) groups is 1. The van der Waals surface area contributed by atoms with Crippen LogP contribution in [-0.2, 0) is 0 Å². The maximum Gasteiger partial charge on any atom is 0.251 e. The highest BCUT2D eigenvalue weighted by Crippen LogP contribution is 2.20. The van der Waals surface area contributed by atoms with Crippen LogP contribution in [-0.4, -0.2) is 13.0 Å². The van der Waals surface area contributed by atoms with Gasteiger partial charge in [-0.25, -0.2) is 13.2 Å². The summed E-state index contributed by atoms with van der Waals surface area (Å²) in [6, 6.07) is 6.15. The first kappa shape index (κ1) is 15.9. The molecule has 0 spiro atoms. The van der Waals surface area contributed by atoms with Gasteiger partial charge >= 0.3 is 0 Å². The maximum absolute atomic E-state index is 13.6. The molecule has 1 amide bonds. The molecule has 2 aromatic carbocycles. The van der Waals surface area contributed by atoms with Gasteiger partial charge in [0.25, 0.3) is 5.91 Å². The first-order chi connectivity index (χ1) is 10.4. The molecule has 0 bridgehead atoms. The fourth-order valence-corrected chi connectivity index (χ4v) is 2.02. The van der Waals surface area contributed by atoms with E-state index in [0.717, 1.165) is 18.2 Å². The number of methoxy groups -OCH3 is 1. The van der Waals surface area contributed by atoms with E-state index in [1.54, 1.807) is 6.92 Å². The number of carbonyl (C=O) groups excluding carboxylic acids is 1. The molecule has 116 valence electrons. The molecule has 2 aromatic rings. The number of hydrogen-bond acceptors (Lipinski definition) is 2. The molecule has 0 unspecified atom stereocenters. The molecule has 0 heterocycles. The number of rotatable bonds is 4. The number of halogens is 3. The molecule has 0 saturated carbocycles. The van der Waals surface area contributed by atoms with Gasteiger partial charge in [-0.1, -0.05) is 6.07 Å². The highest BCUT2D eigenvalue weighted by Gasteiger charge is 2.16. The van der Waals surface area contributed by atoms with E-state index in [1.807, 2.05) is 0 Å².